The van der Waals surface area contributed by atoms with Crippen LogP contribution >= 0.6 is 0 Å². The number of benzene rings is 2. The van der Waals surface area contributed by atoms with Crippen LogP contribution in [0.4, 0.5) is 0 Å². The fourth-order valence-corrected chi connectivity index (χ4v) is 5.06. The minimum Gasteiger partial charge on any atom is -0.497 e. The van der Waals surface area contributed by atoms with Crippen molar-refractivity contribution in [3.05, 3.63) is 64.7 Å². The van der Waals surface area contributed by atoms with Crippen LogP contribution in [0.1, 0.15) is 54.5 Å². The molecule has 7 nitrogen and oxygen atoms in total. The van der Waals surface area contributed by atoms with Gasteiger partial charge in [-0.3, -0.25) is 14.5 Å². The Hall–Kier alpha value is -3.19. The first kappa shape index (κ1) is 24.9. The van der Waals surface area contributed by atoms with Gasteiger partial charge in [-0.05, 0) is 81.1 Å². The molecule has 0 aromatic heterocycles. The Morgan fingerprint density at radius 1 is 1.11 bits per heavy atom. The zero-order valence-electron chi connectivity index (χ0n) is 21.1. The number of hydrogen-bond acceptors (Lipinski definition) is 6. The van der Waals surface area contributed by atoms with E-state index in [1.54, 1.807) is 12.1 Å². The third-order valence-electron chi connectivity index (χ3n) is 6.86. The third-order valence-corrected chi connectivity index (χ3v) is 6.86. The van der Waals surface area contributed by atoms with Crippen molar-refractivity contribution in [1.29, 1.82) is 0 Å². The van der Waals surface area contributed by atoms with E-state index in [1.165, 1.54) is 5.56 Å². The number of ether oxygens (including phenoxy) is 2. The van der Waals surface area contributed by atoms with Crippen LogP contribution in [-0.4, -0.2) is 60.8 Å². The number of hydrazone groups is 1. The number of hydrogen-bond donors (Lipinski definition) is 0. The van der Waals surface area contributed by atoms with E-state index < -0.39 is 0 Å². The molecule has 0 N–H and O–H groups in total. The van der Waals surface area contributed by atoms with Gasteiger partial charge in [-0.15, -0.1) is 0 Å². The van der Waals surface area contributed by atoms with Crippen molar-refractivity contribution in [2.75, 3.05) is 33.4 Å². The van der Waals surface area contributed by atoms with Crippen LogP contribution in [0, 0.1) is 19.8 Å². The lowest BCUT2D eigenvalue weighted by Gasteiger charge is -2.32. The number of nitrogens with zero attached hydrogens (tertiary/aromatic N) is 3. The van der Waals surface area contributed by atoms with Crippen molar-refractivity contribution in [3.8, 4) is 5.75 Å². The largest absolute Gasteiger partial charge is 0.497 e. The van der Waals surface area contributed by atoms with E-state index in [4.69, 9.17) is 14.6 Å². The van der Waals surface area contributed by atoms with Crippen molar-refractivity contribution in [2.24, 2.45) is 11.0 Å². The van der Waals surface area contributed by atoms with Gasteiger partial charge in [0.2, 0.25) is 0 Å². The van der Waals surface area contributed by atoms with Crippen molar-refractivity contribution < 1.29 is 19.1 Å². The molecule has 186 valence electrons. The Kier molecular flexibility index (Phi) is 7.86. The molecule has 0 bridgehead atoms. The molecule has 2 atom stereocenters. The summed E-state index contributed by atoms with van der Waals surface area (Å²) in [4.78, 5) is 27.9. The Balaban J connectivity index is 1.56. The summed E-state index contributed by atoms with van der Waals surface area (Å²) in [5.41, 5.74) is 5.32. The Morgan fingerprint density at radius 3 is 2.57 bits per heavy atom. The van der Waals surface area contributed by atoms with Crippen LogP contribution in [0.2, 0.25) is 0 Å². The lowest BCUT2D eigenvalue weighted by molar-refractivity contribution is -0.150. The Labute approximate surface area is 207 Å². The van der Waals surface area contributed by atoms with Crippen molar-refractivity contribution in [3.63, 3.8) is 0 Å². The monoisotopic (exact) mass is 477 g/mol. The molecule has 2 unspecified atom stereocenters. The summed E-state index contributed by atoms with van der Waals surface area (Å²) in [7, 11) is 1.64. The van der Waals surface area contributed by atoms with Crippen LogP contribution < -0.4 is 4.74 Å². The lowest BCUT2D eigenvalue weighted by atomic mass is 9.94. The van der Waals surface area contributed by atoms with E-state index in [9.17, 15) is 9.59 Å². The molecule has 35 heavy (non-hydrogen) atoms. The average Bonchev–Trinajstić information content (AvgIpc) is 3.30. The molecule has 7 heteroatoms. The number of aryl methyl sites for hydroxylation is 2. The van der Waals surface area contributed by atoms with Gasteiger partial charge < -0.3 is 9.47 Å². The zero-order valence-corrected chi connectivity index (χ0v) is 21.1. The molecule has 0 radical (unpaired) electrons. The summed E-state index contributed by atoms with van der Waals surface area (Å²) < 4.78 is 10.5. The lowest BCUT2D eigenvalue weighted by Crippen LogP contribution is -2.44. The van der Waals surface area contributed by atoms with E-state index in [0.717, 1.165) is 47.5 Å². The quantitative estimate of drug-likeness (QED) is 0.557. The minimum atomic E-state index is -0.177. The van der Waals surface area contributed by atoms with Crippen LogP contribution in [0.5, 0.6) is 5.75 Å². The minimum absolute atomic E-state index is 0.0528. The zero-order chi connectivity index (χ0) is 24.9. The van der Waals surface area contributed by atoms with Crippen LogP contribution in [-0.2, 0) is 14.3 Å². The maximum atomic E-state index is 13.6. The summed E-state index contributed by atoms with van der Waals surface area (Å²) in [6, 6.07) is 14.0. The number of amides is 1. The molecule has 2 aromatic rings. The van der Waals surface area contributed by atoms with Crippen LogP contribution in [0.15, 0.2) is 47.6 Å². The number of esters is 1. The van der Waals surface area contributed by atoms with Gasteiger partial charge in [0.25, 0.3) is 5.91 Å². The first-order valence-electron chi connectivity index (χ1n) is 12.4. The summed E-state index contributed by atoms with van der Waals surface area (Å²) >= 11 is 0. The van der Waals surface area contributed by atoms with Crippen molar-refractivity contribution in [2.45, 2.75) is 46.1 Å². The molecular formula is C28H35N3O4. The number of rotatable bonds is 7. The van der Waals surface area contributed by atoms with E-state index >= 15 is 0 Å². The molecule has 1 saturated heterocycles. The van der Waals surface area contributed by atoms with E-state index in [2.05, 4.69) is 36.9 Å². The van der Waals surface area contributed by atoms with Gasteiger partial charge in [0.05, 0.1) is 37.9 Å². The van der Waals surface area contributed by atoms with Gasteiger partial charge in [-0.25, -0.2) is 5.01 Å². The SMILES string of the molecule is CCOC(=O)C1CCCN(CC(=O)N2N=C(c3ccc(OC)cc3)CC2c2ccc(C)cc2C)C1. The standard InChI is InChI=1S/C28H35N3O4/c1-5-35-28(33)22-7-6-14-30(17-22)18-27(32)31-26(24-13-8-19(2)15-20(24)3)16-25(29-31)21-9-11-23(34-4)12-10-21/h8-13,15,22,26H,5-7,14,16-18H2,1-4H3. The van der Waals surface area contributed by atoms with Crippen molar-refractivity contribution in [1.82, 2.24) is 9.91 Å². The second kappa shape index (κ2) is 11.0. The number of piperidine rings is 1. The summed E-state index contributed by atoms with van der Waals surface area (Å²) in [5, 5.41) is 6.48. The van der Waals surface area contributed by atoms with Gasteiger partial charge in [0.15, 0.2) is 0 Å². The van der Waals surface area contributed by atoms with Crippen molar-refractivity contribution >= 4 is 17.6 Å². The maximum Gasteiger partial charge on any atom is 0.310 e. The number of carbonyl (C=O) groups excluding carboxylic acids is 2. The van der Waals surface area contributed by atoms with Gasteiger partial charge in [0.1, 0.15) is 5.75 Å². The van der Waals surface area contributed by atoms with Gasteiger partial charge >= 0.3 is 5.97 Å². The topological polar surface area (TPSA) is 71.4 Å². The highest BCUT2D eigenvalue weighted by Crippen LogP contribution is 2.35. The highest BCUT2D eigenvalue weighted by molar-refractivity contribution is 6.03. The van der Waals surface area contributed by atoms with Gasteiger partial charge in [-0.1, -0.05) is 23.8 Å². The fourth-order valence-electron chi connectivity index (χ4n) is 5.06. The molecule has 1 amide bonds. The molecule has 0 aliphatic carbocycles. The first-order valence-corrected chi connectivity index (χ1v) is 12.4. The number of likely N-dealkylation sites (tertiary alicyclic amines) is 1. The Bertz CT molecular complexity index is 1100. The normalized spacial score (nSPS) is 20.5. The molecular weight excluding hydrogens is 442 g/mol. The molecule has 2 heterocycles. The van der Waals surface area contributed by atoms with E-state index in [0.29, 0.717) is 19.6 Å². The number of methoxy groups -OCH3 is 1. The second-order valence-electron chi connectivity index (χ2n) is 9.42. The average molecular weight is 478 g/mol. The molecule has 4 rings (SSSR count). The smallest absolute Gasteiger partial charge is 0.310 e. The summed E-state index contributed by atoms with van der Waals surface area (Å²) in [6.07, 6.45) is 2.32. The predicted molar refractivity (Wildman–Crippen MR) is 135 cm³/mol. The Morgan fingerprint density at radius 2 is 1.89 bits per heavy atom. The molecule has 2 aliphatic heterocycles. The number of carbonyl (C=O) groups is 2. The summed E-state index contributed by atoms with van der Waals surface area (Å²) in [5.74, 6) is 0.387. The van der Waals surface area contributed by atoms with Crippen LogP contribution in [0.3, 0.4) is 0 Å². The predicted octanol–water partition coefficient (Wildman–Crippen LogP) is 4.26. The highest BCUT2D eigenvalue weighted by atomic mass is 16.5. The van der Waals surface area contributed by atoms with E-state index in [1.807, 2.05) is 31.2 Å². The molecule has 2 aromatic carbocycles. The molecule has 0 saturated carbocycles. The molecule has 2 aliphatic rings. The third kappa shape index (κ3) is 5.73. The summed E-state index contributed by atoms with van der Waals surface area (Å²) in [6.45, 7) is 7.93. The molecule has 1 fully saturated rings. The first-order chi connectivity index (χ1) is 16.9. The second-order valence-corrected chi connectivity index (χ2v) is 9.42. The van der Waals surface area contributed by atoms with Crippen LogP contribution in [0.25, 0.3) is 0 Å². The highest BCUT2D eigenvalue weighted by Gasteiger charge is 2.36. The van der Waals surface area contributed by atoms with Gasteiger partial charge in [-0.2, -0.15) is 5.10 Å². The van der Waals surface area contributed by atoms with E-state index in [-0.39, 0.29) is 30.4 Å². The van der Waals surface area contributed by atoms with Gasteiger partial charge in [0, 0.05) is 13.0 Å². The maximum absolute atomic E-state index is 13.6. The molecule has 0 spiro atoms. The fraction of sp³-hybridized carbons (Fsp3) is 0.464.